The predicted molar refractivity (Wildman–Crippen MR) is 119 cm³/mol. The van der Waals surface area contributed by atoms with Gasteiger partial charge in [0, 0.05) is 20.8 Å². The molecule has 0 aliphatic rings. The number of hydrogen-bond donors (Lipinski definition) is 1. The third-order valence-electron chi connectivity index (χ3n) is 4.54. The average Bonchev–Trinajstić information content (AvgIpc) is 2.69. The average molecular weight is 444 g/mol. The van der Waals surface area contributed by atoms with Crippen molar-refractivity contribution >= 4 is 46.4 Å². The van der Waals surface area contributed by atoms with Gasteiger partial charge in [0.25, 0.3) is 0 Å². The Morgan fingerprint density at radius 3 is 2.17 bits per heavy atom. The molecule has 0 heterocycles. The van der Waals surface area contributed by atoms with Gasteiger partial charge in [0.05, 0.1) is 18.4 Å². The Bertz CT molecular complexity index is 1070. The monoisotopic (exact) mass is 442 g/mol. The van der Waals surface area contributed by atoms with Crippen molar-refractivity contribution in [3.05, 3.63) is 98.0 Å². The standard InChI is InChI=1S/C23H17Cl3N2O/c1-14-10-19(20(13-27)16-4-8-18(25)9-5-16)21(26)12-22(14)28-23(29)11-15-2-6-17(24)7-3-15/h2-10,12,20H,11H2,1H3,(H,28,29)/t20-/m1/s1. The molecule has 0 saturated carbocycles. The van der Waals surface area contributed by atoms with E-state index in [1.165, 1.54) is 0 Å². The predicted octanol–water partition coefficient (Wildman–Crippen LogP) is 6.79. The Morgan fingerprint density at radius 2 is 1.59 bits per heavy atom. The lowest BCUT2D eigenvalue weighted by atomic mass is 9.91. The molecule has 3 aromatic rings. The van der Waals surface area contributed by atoms with Crippen LogP contribution >= 0.6 is 34.8 Å². The summed E-state index contributed by atoms with van der Waals surface area (Å²) in [4.78, 5) is 12.4. The summed E-state index contributed by atoms with van der Waals surface area (Å²) in [7, 11) is 0. The molecule has 3 aromatic carbocycles. The van der Waals surface area contributed by atoms with Crippen molar-refractivity contribution in [2.75, 3.05) is 5.32 Å². The van der Waals surface area contributed by atoms with Crippen molar-refractivity contribution in [3.8, 4) is 6.07 Å². The molecule has 1 atom stereocenters. The van der Waals surface area contributed by atoms with Crippen LogP contribution in [-0.4, -0.2) is 5.91 Å². The zero-order valence-corrected chi connectivity index (χ0v) is 17.8. The highest BCUT2D eigenvalue weighted by molar-refractivity contribution is 6.32. The van der Waals surface area contributed by atoms with Crippen molar-refractivity contribution < 1.29 is 4.79 Å². The normalized spacial score (nSPS) is 11.6. The van der Waals surface area contributed by atoms with Crippen molar-refractivity contribution in [2.45, 2.75) is 19.3 Å². The van der Waals surface area contributed by atoms with Crippen LogP contribution in [0.25, 0.3) is 0 Å². The summed E-state index contributed by atoms with van der Waals surface area (Å²) in [5, 5.41) is 14.2. The molecule has 3 nitrogen and oxygen atoms in total. The van der Waals surface area contributed by atoms with Crippen molar-refractivity contribution in [1.29, 1.82) is 5.26 Å². The molecule has 0 saturated heterocycles. The first-order chi connectivity index (χ1) is 13.9. The highest BCUT2D eigenvalue weighted by Crippen LogP contribution is 2.34. The van der Waals surface area contributed by atoms with E-state index in [-0.39, 0.29) is 12.3 Å². The number of nitriles is 1. The fraction of sp³-hybridized carbons (Fsp3) is 0.130. The molecule has 0 bridgehead atoms. The molecular formula is C23H17Cl3N2O. The largest absolute Gasteiger partial charge is 0.326 e. The van der Waals surface area contributed by atoms with E-state index in [0.717, 1.165) is 16.7 Å². The molecule has 0 aromatic heterocycles. The van der Waals surface area contributed by atoms with Crippen molar-refractivity contribution in [2.24, 2.45) is 0 Å². The number of carbonyl (C=O) groups excluding carboxylic acids is 1. The van der Waals surface area contributed by atoms with E-state index in [4.69, 9.17) is 34.8 Å². The van der Waals surface area contributed by atoms with Crippen LogP contribution < -0.4 is 5.32 Å². The summed E-state index contributed by atoms with van der Waals surface area (Å²) >= 11 is 18.3. The van der Waals surface area contributed by atoms with Crippen LogP contribution in [0.2, 0.25) is 15.1 Å². The fourth-order valence-corrected chi connectivity index (χ4v) is 3.55. The Morgan fingerprint density at radius 1 is 1.00 bits per heavy atom. The number of nitrogens with one attached hydrogen (secondary N) is 1. The van der Waals surface area contributed by atoms with Gasteiger partial charge in [-0.15, -0.1) is 0 Å². The molecule has 146 valence electrons. The molecule has 1 amide bonds. The minimum atomic E-state index is -0.530. The van der Waals surface area contributed by atoms with Gasteiger partial charge in [0.15, 0.2) is 0 Å². The second kappa shape index (κ2) is 9.33. The Kier molecular flexibility index (Phi) is 6.82. The minimum Gasteiger partial charge on any atom is -0.326 e. The maximum atomic E-state index is 12.4. The maximum Gasteiger partial charge on any atom is 0.228 e. The summed E-state index contributed by atoms with van der Waals surface area (Å²) in [6.45, 7) is 1.87. The van der Waals surface area contributed by atoms with Crippen LogP contribution in [0.3, 0.4) is 0 Å². The second-order valence-corrected chi connectivity index (χ2v) is 7.93. The highest BCUT2D eigenvalue weighted by Gasteiger charge is 2.19. The van der Waals surface area contributed by atoms with Crippen LogP contribution in [0.1, 0.15) is 28.2 Å². The molecule has 29 heavy (non-hydrogen) atoms. The van der Waals surface area contributed by atoms with Gasteiger partial charge in [0.1, 0.15) is 0 Å². The first-order valence-electron chi connectivity index (χ1n) is 8.87. The number of amides is 1. The lowest BCUT2D eigenvalue weighted by Crippen LogP contribution is -2.15. The number of aryl methyl sites for hydroxylation is 1. The van der Waals surface area contributed by atoms with E-state index in [1.54, 1.807) is 30.3 Å². The minimum absolute atomic E-state index is 0.159. The van der Waals surface area contributed by atoms with E-state index < -0.39 is 5.92 Å². The maximum absolute atomic E-state index is 12.4. The van der Waals surface area contributed by atoms with Gasteiger partial charge in [-0.25, -0.2) is 0 Å². The van der Waals surface area contributed by atoms with E-state index in [1.807, 2.05) is 37.3 Å². The smallest absolute Gasteiger partial charge is 0.228 e. The summed E-state index contributed by atoms with van der Waals surface area (Å²) in [6.07, 6.45) is 0.224. The third kappa shape index (κ3) is 5.31. The van der Waals surface area contributed by atoms with Gasteiger partial charge in [-0.3, -0.25) is 4.79 Å². The van der Waals surface area contributed by atoms with E-state index in [0.29, 0.717) is 26.3 Å². The SMILES string of the molecule is Cc1cc([C@H](C#N)c2ccc(Cl)cc2)c(Cl)cc1NC(=O)Cc1ccc(Cl)cc1. The van der Waals surface area contributed by atoms with E-state index in [2.05, 4.69) is 11.4 Å². The summed E-state index contributed by atoms with van der Waals surface area (Å²) in [5.41, 5.74) is 3.79. The topological polar surface area (TPSA) is 52.9 Å². The van der Waals surface area contributed by atoms with Gasteiger partial charge >= 0.3 is 0 Å². The number of benzene rings is 3. The van der Waals surface area contributed by atoms with Gasteiger partial charge < -0.3 is 5.32 Å². The van der Waals surface area contributed by atoms with Crippen LogP contribution in [0.15, 0.2) is 60.7 Å². The van der Waals surface area contributed by atoms with Gasteiger partial charge in [-0.05, 0) is 59.5 Å². The summed E-state index contributed by atoms with van der Waals surface area (Å²) in [6, 6.07) is 20.0. The quantitative estimate of drug-likeness (QED) is 0.472. The van der Waals surface area contributed by atoms with Crippen molar-refractivity contribution in [1.82, 2.24) is 0 Å². The zero-order valence-electron chi connectivity index (χ0n) is 15.5. The van der Waals surface area contributed by atoms with Gasteiger partial charge in [-0.2, -0.15) is 5.26 Å². The van der Waals surface area contributed by atoms with Crippen LogP contribution in [0.5, 0.6) is 0 Å². The van der Waals surface area contributed by atoms with Crippen LogP contribution in [0, 0.1) is 18.3 Å². The van der Waals surface area contributed by atoms with Crippen LogP contribution in [0.4, 0.5) is 5.69 Å². The van der Waals surface area contributed by atoms with Gasteiger partial charge in [-0.1, -0.05) is 65.1 Å². The Balaban J connectivity index is 1.81. The van der Waals surface area contributed by atoms with Crippen molar-refractivity contribution in [3.63, 3.8) is 0 Å². The molecule has 3 rings (SSSR count). The molecule has 0 spiro atoms. The Labute approximate surface area is 184 Å². The summed E-state index contributed by atoms with van der Waals surface area (Å²) in [5.74, 6) is -0.689. The lowest BCUT2D eigenvalue weighted by Gasteiger charge is -2.16. The molecule has 0 radical (unpaired) electrons. The number of nitrogens with zero attached hydrogens (tertiary/aromatic N) is 1. The molecular weight excluding hydrogens is 427 g/mol. The number of rotatable bonds is 5. The first-order valence-corrected chi connectivity index (χ1v) is 10.00. The second-order valence-electron chi connectivity index (χ2n) is 6.65. The molecule has 0 fully saturated rings. The number of anilines is 1. The molecule has 1 N–H and O–H groups in total. The highest BCUT2D eigenvalue weighted by atomic mass is 35.5. The third-order valence-corrected chi connectivity index (χ3v) is 5.37. The zero-order chi connectivity index (χ0) is 21.0. The first kappa shape index (κ1) is 21.2. The van der Waals surface area contributed by atoms with E-state index in [9.17, 15) is 10.1 Å². The van der Waals surface area contributed by atoms with E-state index >= 15 is 0 Å². The molecule has 0 unspecified atom stereocenters. The molecule has 6 heteroatoms. The number of carbonyl (C=O) groups is 1. The van der Waals surface area contributed by atoms with Gasteiger partial charge in [0.2, 0.25) is 5.91 Å². The molecule has 0 aliphatic heterocycles. The summed E-state index contributed by atoms with van der Waals surface area (Å²) < 4.78 is 0. The number of hydrogen-bond acceptors (Lipinski definition) is 2. The van der Waals surface area contributed by atoms with Crippen LogP contribution in [-0.2, 0) is 11.2 Å². The molecule has 0 aliphatic carbocycles. The lowest BCUT2D eigenvalue weighted by molar-refractivity contribution is -0.115. The number of halogens is 3. The fourth-order valence-electron chi connectivity index (χ4n) is 3.02. The Hall–Kier alpha value is -2.51.